The fraction of sp³-hybridized carbons (Fsp3) is 0.521. The van der Waals surface area contributed by atoms with Crippen LogP contribution < -0.4 is 70.8 Å². The van der Waals surface area contributed by atoms with Gasteiger partial charge in [0.05, 0.1) is 31.4 Å². The molecule has 0 aliphatic carbocycles. The number of nitrogens with zero attached hydrogens (tertiary/aromatic N) is 5. The second-order valence-corrected chi connectivity index (χ2v) is 36.2. The van der Waals surface area contributed by atoms with Crippen molar-refractivity contribution in [3.05, 3.63) is 138 Å². The molecule has 0 bridgehead atoms. The summed E-state index contributed by atoms with van der Waals surface area (Å²) in [7, 11) is 3.98. The van der Waals surface area contributed by atoms with Gasteiger partial charge in [0.1, 0.15) is 78.3 Å². The molecular formula is C94H130N20O19S. The monoisotopic (exact) mass is 1870 g/mol. The quantitative estimate of drug-likeness (QED) is 0.0360. The highest BCUT2D eigenvalue weighted by atomic mass is 32.2. The lowest BCUT2D eigenvalue weighted by Crippen LogP contribution is -2.61. The van der Waals surface area contributed by atoms with Crippen molar-refractivity contribution in [2.45, 2.75) is 228 Å². The predicted octanol–water partition coefficient (Wildman–Crippen LogP) is 0.0532. The molecule has 4 aromatic carbocycles. The first-order chi connectivity index (χ1) is 64.0. The predicted molar refractivity (Wildman–Crippen MR) is 500 cm³/mol. The summed E-state index contributed by atoms with van der Waals surface area (Å²) >= 11 is 0.787. The van der Waals surface area contributed by atoms with E-state index in [9.17, 15) is 58.2 Å². The van der Waals surface area contributed by atoms with Crippen LogP contribution in [0.15, 0.2) is 116 Å². The van der Waals surface area contributed by atoms with Crippen molar-refractivity contribution in [2.24, 2.45) is 34.8 Å². The number of primary amides is 2. The summed E-state index contributed by atoms with van der Waals surface area (Å²) in [6.07, 6.45) is 3.37. The molecule has 3 saturated heterocycles. The number of rotatable bonds is 25. The molecule has 9 rings (SSSR count). The third kappa shape index (κ3) is 28.4. The first-order valence-electron chi connectivity index (χ1n) is 45.7. The maximum atomic E-state index is 15.8. The molecular weight excluding hydrogens is 1750 g/mol. The summed E-state index contributed by atoms with van der Waals surface area (Å²) < 4.78 is 0. The number of hydrogen-bond acceptors (Lipinski definition) is 22. The second kappa shape index (κ2) is 50.3. The number of aliphatic hydroxyl groups excluding tert-OH is 1. The number of aromatic amines is 2. The Morgan fingerprint density at radius 2 is 1.09 bits per heavy atom. The fourth-order valence-corrected chi connectivity index (χ4v) is 18.1. The van der Waals surface area contributed by atoms with Crippen molar-refractivity contribution in [2.75, 3.05) is 72.0 Å². The van der Waals surface area contributed by atoms with Crippen LogP contribution in [0.2, 0.25) is 0 Å². The van der Waals surface area contributed by atoms with Gasteiger partial charge in [-0.15, -0.1) is 11.8 Å². The van der Waals surface area contributed by atoms with Crippen molar-refractivity contribution in [3.8, 4) is 5.75 Å². The molecule has 0 radical (unpaired) electrons. The lowest BCUT2D eigenvalue weighted by atomic mass is 9.88. The number of fused-ring (bicyclic) bond motifs is 4. The number of aromatic nitrogens is 2. The average molecular weight is 1880 g/mol. The number of aliphatic hydroxyl groups is 1. The molecule has 16 amide bonds. The van der Waals surface area contributed by atoms with Crippen LogP contribution >= 0.6 is 11.8 Å². The highest BCUT2D eigenvalue weighted by molar-refractivity contribution is 8.00. The zero-order chi connectivity index (χ0) is 97.7. The Morgan fingerprint density at radius 1 is 0.537 bits per heavy atom. The van der Waals surface area contributed by atoms with Gasteiger partial charge in [-0.1, -0.05) is 132 Å². The minimum atomic E-state index is -1.82. The summed E-state index contributed by atoms with van der Waals surface area (Å²) in [6.45, 7) is 6.18. The van der Waals surface area contributed by atoms with E-state index < -0.39 is 235 Å². The maximum Gasteiger partial charge on any atom is 0.246 e. The van der Waals surface area contributed by atoms with Crippen molar-refractivity contribution in [1.29, 1.82) is 0 Å². The van der Waals surface area contributed by atoms with Gasteiger partial charge in [0.25, 0.3) is 0 Å². The van der Waals surface area contributed by atoms with E-state index in [-0.39, 0.29) is 102 Å². The van der Waals surface area contributed by atoms with Gasteiger partial charge in [-0.3, -0.25) is 81.5 Å². The number of nitrogens with one attached hydrogen (secondary N) is 11. The van der Waals surface area contributed by atoms with Crippen LogP contribution in [0.25, 0.3) is 21.8 Å². The van der Waals surface area contributed by atoms with E-state index in [1.807, 2.05) is 38.1 Å². The summed E-state index contributed by atoms with van der Waals surface area (Å²) in [5.74, 6) is -18.1. The van der Waals surface area contributed by atoms with Gasteiger partial charge in [-0.2, -0.15) is 0 Å². The smallest absolute Gasteiger partial charge is 0.246 e. The Labute approximate surface area is 782 Å². The highest BCUT2D eigenvalue weighted by Gasteiger charge is 2.47. The van der Waals surface area contributed by atoms with Gasteiger partial charge in [0.2, 0.25) is 94.5 Å². The van der Waals surface area contributed by atoms with Crippen LogP contribution in [0.4, 0.5) is 0 Å². The van der Waals surface area contributed by atoms with Crippen LogP contribution in [-0.2, 0) is 101 Å². The number of unbranched alkanes of at least 4 members (excludes halogenated alkanes) is 2. The third-order valence-corrected chi connectivity index (χ3v) is 25.9. The Hall–Kier alpha value is -12.8. The molecule has 40 heteroatoms. The van der Waals surface area contributed by atoms with Crippen molar-refractivity contribution < 1.29 is 91.7 Å². The largest absolute Gasteiger partial charge is 0.508 e. The maximum absolute atomic E-state index is 15.8. The molecule has 3 aliphatic heterocycles. The van der Waals surface area contributed by atoms with Gasteiger partial charge in [0, 0.05) is 112 Å². The number of aromatic hydroxyl groups is 1. The van der Waals surface area contributed by atoms with Crippen LogP contribution in [0.1, 0.15) is 153 Å². The van der Waals surface area contributed by atoms with E-state index in [2.05, 4.69) is 57.8 Å². The number of Topliss-reactive ketones (excluding diaryl/α,β-unsaturated/α-hetero) is 1. The average Bonchev–Trinajstić information content (AvgIpc) is 1.56. The molecule has 3 aliphatic rings. The molecule has 0 spiro atoms. The van der Waals surface area contributed by atoms with Crippen LogP contribution in [-0.4, -0.2) is 296 Å². The standard InChI is InChI=1S/C94H130N20O19S/c1-9-11-29-74-88(127)103-66(28-20-36-95)85(124)109-73(84(123)101-48-80(98)119)51-134-52-81(120)102-68(39-55-32-34-61(116)35-33-55)90(129)110(6)54(5)82(121)104-70(44-79(97)118)92(131)113-37-21-31-75(113)89(128)107-71(45-96)86(125)105-67(38-53(3)4)93(132)114-49-60(56-22-14-13-15-23-56)42-77(114)78(117)43-57(40-58-46-99-64-26-18-16-24-62(58)64)83(122)108-72(50-115)87(126)106-69(41-59-47-100-65-27-19-17-25-63(59)65)91(130)112(8)76(30-12-10-2)94(133)111(74)7/h13-19,22-27,32-35,46-47,53-54,57,60,66-77,99-100,115-116H,9-12,20-21,28-31,36-45,48-52,95-96H2,1-8H3,(H2,97,118)(H2,98,119)(H,101,123)(H,102,120)(H,103,127)(H,104,121)(H,105,125)(H,106,126)(H,107,128)(H,108,122)(H,109,124)/t54-,57+,60-,66-,67-,68-,69-,70-,71-,72-,73-,74-,75-,76-,77-/m0/s1. The Kier molecular flexibility index (Phi) is 39.4. The Morgan fingerprint density at radius 3 is 1.70 bits per heavy atom. The van der Waals surface area contributed by atoms with E-state index in [1.54, 1.807) is 80.8 Å². The van der Waals surface area contributed by atoms with Gasteiger partial charge in [-0.05, 0) is 124 Å². The number of para-hydroxylation sites is 2. The molecule has 726 valence electrons. The highest BCUT2D eigenvalue weighted by Crippen LogP contribution is 2.36. The van der Waals surface area contributed by atoms with Crippen molar-refractivity contribution in [3.63, 3.8) is 0 Å². The molecule has 15 atom stereocenters. The number of H-pyrrole nitrogens is 2. The molecule has 0 saturated carbocycles. The van der Waals surface area contributed by atoms with Gasteiger partial charge in [0.15, 0.2) is 5.78 Å². The molecule has 5 heterocycles. The molecule has 6 aromatic rings. The Bertz CT molecular complexity index is 5150. The summed E-state index contributed by atoms with van der Waals surface area (Å²) in [6, 6.07) is 9.70. The van der Waals surface area contributed by atoms with E-state index in [1.165, 1.54) is 67.0 Å². The van der Waals surface area contributed by atoms with E-state index in [0.717, 1.165) is 27.1 Å². The molecule has 3 fully saturated rings. The van der Waals surface area contributed by atoms with Crippen molar-refractivity contribution >= 4 is 134 Å². The molecule has 21 N–H and O–H groups in total. The number of benzene rings is 4. The first kappa shape index (κ1) is 105. The van der Waals surface area contributed by atoms with E-state index >= 15 is 33.6 Å². The molecule has 2 aromatic heterocycles. The lowest BCUT2D eigenvalue weighted by molar-refractivity contribution is -0.149. The number of carbonyl (C=O) groups is 17. The fourth-order valence-electron chi connectivity index (χ4n) is 17.3. The number of hydrogen-bond donors (Lipinski definition) is 17. The Balaban J connectivity index is 1.10. The minimum Gasteiger partial charge on any atom is -0.508 e. The van der Waals surface area contributed by atoms with Gasteiger partial charge < -0.3 is 115 Å². The molecule has 134 heavy (non-hydrogen) atoms. The number of phenols is 1. The van der Waals surface area contributed by atoms with Crippen molar-refractivity contribution in [1.82, 2.24) is 82.3 Å². The number of carbonyl (C=O) groups excluding carboxylic acids is 17. The van der Waals surface area contributed by atoms with Crippen LogP contribution in [0, 0.1) is 11.8 Å². The zero-order valence-corrected chi connectivity index (χ0v) is 78.0. The first-order valence-corrected chi connectivity index (χ1v) is 46.9. The number of phenolic OH excluding ortho intramolecular Hbond substituents is 1. The van der Waals surface area contributed by atoms with E-state index in [0.29, 0.717) is 64.2 Å². The van der Waals surface area contributed by atoms with Gasteiger partial charge in [-0.25, -0.2) is 0 Å². The van der Waals surface area contributed by atoms with Crippen LogP contribution in [0.5, 0.6) is 5.75 Å². The van der Waals surface area contributed by atoms with E-state index in [4.69, 9.17) is 22.9 Å². The second-order valence-electron chi connectivity index (χ2n) is 35.1. The third-order valence-electron chi connectivity index (χ3n) is 24.9. The van der Waals surface area contributed by atoms with Crippen LogP contribution in [0.3, 0.4) is 0 Å². The normalized spacial score (nSPS) is 25.0. The number of thioether (sulfide) groups is 1. The molecule has 39 nitrogen and oxygen atoms in total. The number of ketones is 1. The summed E-state index contributed by atoms with van der Waals surface area (Å²) in [4.78, 5) is 263. The summed E-state index contributed by atoms with van der Waals surface area (Å²) in [5.41, 5.74) is 27.1. The molecule has 0 unspecified atom stereocenters. The van der Waals surface area contributed by atoms with Gasteiger partial charge >= 0.3 is 0 Å². The topological polar surface area (TPSA) is 591 Å². The number of likely N-dealkylation sites (N-methyl/N-ethyl adjacent to an activating group) is 3. The summed E-state index contributed by atoms with van der Waals surface area (Å²) in [5, 5.41) is 46.8. The lowest BCUT2D eigenvalue weighted by Gasteiger charge is -2.36. The zero-order valence-electron chi connectivity index (χ0n) is 77.2. The number of nitrogens with two attached hydrogens (primary N) is 4. The minimum absolute atomic E-state index is 0.00749. The SMILES string of the molecule is CCCC[C@H]1C(=O)N(C)[C@@H](CCCC)C(=O)N[C@@H](CCCN)C(=O)N[C@H](C(=O)NCC(N)=O)CSCC(=O)N[C@@H](Cc2ccc(O)cc2)C(=O)N(C)[C@@H](C)C(=O)N[C@@H](CC(N)=O)C(=O)N2CCC[C@H]2C(=O)N[C@@H](CN)C(=O)N[C@@H](CC(C)C)C(=O)N2C[C@@H](c3ccccc3)C[C@H]2C(=O)C[C@@H](Cc2c[nH]c3ccccc23)C(=O)N[C@@H](CO)C(=O)N[C@@H](Cc2c[nH]c3ccccc23)C(=O)N1C. The number of amides is 16.